The number of benzene rings is 2. The van der Waals surface area contributed by atoms with Gasteiger partial charge in [-0.25, -0.2) is 14.6 Å². The first-order chi connectivity index (χ1) is 13.5. The van der Waals surface area contributed by atoms with E-state index >= 15 is 0 Å². The molecule has 0 saturated carbocycles. The van der Waals surface area contributed by atoms with Crippen LogP contribution in [0.5, 0.6) is 0 Å². The summed E-state index contributed by atoms with van der Waals surface area (Å²) in [4.78, 5) is 26.2. The van der Waals surface area contributed by atoms with E-state index in [9.17, 15) is 4.79 Å². The fraction of sp³-hybridized carbons (Fsp3) is 0.238. The molecule has 28 heavy (non-hydrogen) atoms. The number of nitrogens with one attached hydrogen (secondary N) is 1. The zero-order chi connectivity index (χ0) is 19.7. The molecule has 1 N–H and O–H groups in total. The number of H-pyrrole nitrogens is 1. The van der Waals surface area contributed by atoms with Gasteiger partial charge in [0.05, 0.1) is 22.6 Å². The Morgan fingerprint density at radius 1 is 1.04 bits per heavy atom. The summed E-state index contributed by atoms with van der Waals surface area (Å²) in [6.45, 7) is 4.19. The molecule has 0 aliphatic carbocycles. The van der Waals surface area contributed by atoms with Crippen molar-refractivity contribution < 1.29 is 0 Å². The van der Waals surface area contributed by atoms with Crippen LogP contribution >= 0.6 is 0 Å². The standard InChI is InChI=1S/C21H22N6O/c1-14(16-8-10-17(11-9-16)27-13-22-12-23-27)26(3)15(2)20-24-19-7-5-4-6-18(19)21(28)25-20/h4-15H,1-3H3,(H,24,25,28)/t14-,15+/m1/s1. The summed E-state index contributed by atoms with van der Waals surface area (Å²) >= 11 is 0. The van der Waals surface area contributed by atoms with E-state index in [2.05, 4.69) is 44.0 Å². The highest BCUT2D eigenvalue weighted by Crippen LogP contribution is 2.27. The molecule has 2 heterocycles. The number of para-hydroxylation sites is 1. The number of rotatable bonds is 5. The van der Waals surface area contributed by atoms with Gasteiger partial charge in [0.25, 0.3) is 5.56 Å². The van der Waals surface area contributed by atoms with Gasteiger partial charge < -0.3 is 4.98 Å². The van der Waals surface area contributed by atoms with Crippen molar-refractivity contribution in [2.45, 2.75) is 25.9 Å². The van der Waals surface area contributed by atoms with Gasteiger partial charge in [0, 0.05) is 6.04 Å². The monoisotopic (exact) mass is 374 g/mol. The Morgan fingerprint density at radius 3 is 2.50 bits per heavy atom. The lowest BCUT2D eigenvalue weighted by molar-refractivity contribution is 0.192. The first-order valence-corrected chi connectivity index (χ1v) is 9.20. The van der Waals surface area contributed by atoms with Gasteiger partial charge >= 0.3 is 0 Å². The summed E-state index contributed by atoms with van der Waals surface area (Å²) in [5.74, 6) is 0.664. The zero-order valence-electron chi connectivity index (χ0n) is 16.1. The maximum atomic E-state index is 12.4. The van der Waals surface area contributed by atoms with E-state index in [1.165, 1.54) is 11.9 Å². The lowest BCUT2D eigenvalue weighted by Gasteiger charge is -2.30. The third kappa shape index (κ3) is 3.32. The van der Waals surface area contributed by atoms with Crippen LogP contribution in [0.2, 0.25) is 0 Å². The van der Waals surface area contributed by atoms with Crippen molar-refractivity contribution in [3.8, 4) is 5.69 Å². The third-order valence-electron chi connectivity index (χ3n) is 5.31. The Kier molecular flexibility index (Phi) is 4.75. The van der Waals surface area contributed by atoms with Gasteiger partial charge in [-0.3, -0.25) is 9.69 Å². The van der Waals surface area contributed by atoms with Gasteiger partial charge in [-0.05, 0) is 50.7 Å². The number of fused-ring (bicyclic) bond motifs is 1. The largest absolute Gasteiger partial charge is 0.309 e. The van der Waals surface area contributed by atoms with Crippen LogP contribution in [-0.4, -0.2) is 36.7 Å². The number of nitrogens with zero attached hydrogens (tertiary/aromatic N) is 5. The molecule has 0 radical (unpaired) electrons. The van der Waals surface area contributed by atoms with E-state index in [1.807, 2.05) is 44.3 Å². The molecular formula is C21H22N6O. The molecule has 0 aliphatic heterocycles. The molecule has 0 fully saturated rings. The van der Waals surface area contributed by atoms with E-state index in [4.69, 9.17) is 0 Å². The fourth-order valence-corrected chi connectivity index (χ4v) is 3.31. The lowest BCUT2D eigenvalue weighted by Crippen LogP contribution is -2.28. The van der Waals surface area contributed by atoms with Crippen molar-refractivity contribution >= 4 is 10.9 Å². The molecular weight excluding hydrogens is 352 g/mol. The Bertz CT molecular complexity index is 1130. The summed E-state index contributed by atoms with van der Waals surface area (Å²) < 4.78 is 1.73. The minimum Gasteiger partial charge on any atom is -0.309 e. The molecule has 0 amide bonds. The number of hydrogen-bond donors (Lipinski definition) is 1. The topological polar surface area (TPSA) is 79.7 Å². The minimum atomic E-state index is -0.106. The van der Waals surface area contributed by atoms with Crippen molar-refractivity contribution in [3.05, 3.63) is 82.9 Å². The van der Waals surface area contributed by atoms with Gasteiger partial charge in [-0.15, -0.1) is 0 Å². The number of hydrogen-bond acceptors (Lipinski definition) is 5. The highest BCUT2D eigenvalue weighted by molar-refractivity contribution is 5.77. The molecule has 0 bridgehead atoms. The van der Waals surface area contributed by atoms with E-state index in [1.54, 1.807) is 17.1 Å². The van der Waals surface area contributed by atoms with Crippen molar-refractivity contribution in [2.24, 2.45) is 0 Å². The van der Waals surface area contributed by atoms with E-state index in [0.717, 1.165) is 5.69 Å². The molecule has 2 aromatic heterocycles. The van der Waals surface area contributed by atoms with E-state index in [-0.39, 0.29) is 17.6 Å². The highest BCUT2D eigenvalue weighted by atomic mass is 16.1. The van der Waals surface area contributed by atoms with Crippen molar-refractivity contribution in [3.63, 3.8) is 0 Å². The van der Waals surface area contributed by atoms with Gasteiger partial charge in [0.15, 0.2) is 0 Å². The maximum Gasteiger partial charge on any atom is 0.258 e. The molecule has 0 spiro atoms. The van der Waals surface area contributed by atoms with Crippen molar-refractivity contribution in [1.82, 2.24) is 29.6 Å². The summed E-state index contributed by atoms with van der Waals surface area (Å²) in [7, 11) is 2.04. The Labute approximate surface area is 162 Å². The van der Waals surface area contributed by atoms with Crippen molar-refractivity contribution in [2.75, 3.05) is 7.05 Å². The van der Waals surface area contributed by atoms with E-state index in [0.29, 0.717) is 16.7 Å². The summed E-state index contributed by atoms with van der Waals surface area (Å²) in [6, 6.07) is 15.7. The molecule has 0 unspecified atom stereocenters. The molecule has 4 rings (SSSR count). The molecule has 7 nitrogen and oxygen atoms in total. The molecule has 2 aromatic carbocycles. The second-order valence-electron chi connectivity index (χ2n) is 6.92. The van der Waals surface area contributed by atoms with Gasteiger partial charge in [0.1, 0.15) is 18.5 Å². The average molecular weight is 374 g/mol. The summed E-state index contributed by atoms with van der Waals surface area (Å²) in [6.07, 6.45) is 3.19. The number of aromatic amines is 1. The van der Waals surface area contributed by atoms with Gasteiger partial charge in [-0.2, -0.15) is 5.10 Å². The van der Waals surface area contributed by atoms with Crippen molar-refractivity contribution in [1.29, 1.82) is 0 Å². The first-order valence-electron chi connectivity index (χ1n) is 9.20. The SMILES string of the molecule is C[C@H](c1ccc(-n2cncn2)cc1)N(C)[C@@H](C)c1nc2ccccc2c(=O)[nH]1. The summed E-state index contributed by atoms with van der Waals surface area (Å²) in [5.41, 5.74) is 2.74. The molecule has 0 aliphatic rings. The molecule has 142 valence electrons. The van der Waals surface area contributed by atoms with E-state index < -0.39 is 0 Å². The molecule has 4 aromatic rings. The Balaban J connectivity index is 1.58. The van der Waals surface area contributed by atoms with Crippen LogP contribution in [0.3, 0.4) is 0 Å². The first kappa shape index (κ1) is 18.1. The maximum absolute atomic E-state index is 12.4. The normalized spacial score (nSPS) is 13.7. The molecule has 0 saturated heterocycles. The highest BCUT2D eigenvalue weighted by Gasteiger charge is 2.21. The van der Waals surface area contributed by atoms with Gasteiger partial charge in [0.2, 0.25) is 0 Å². The van der Waals surface area contributed by atoms with Crippen LogP contribution in [0.1, 0.15) is 37.3 Å². The number of aromatic nitrogens is 5. The van der Waals surface area contributed by atoms with Crippen LogP contribution in [0.15, 0.2) is 66.0 Å². The Morgan fingerprint density at radius 2 is 1.79 bits per heavy atom. The zero-order valence-corrected chi connectivity index (χ0v) is 16.1. The van der Waals surface area contributed by atoms with Crippen LogP contribution < -0.4 is 5.56 Å². The van der Waals surface area contributed by atoms with Crippen LogP contribution in [-0.2, 0) is 0 Å². The fourth-order valence-electron chi connectivity index (χ4n) is 3.31. The van der Waals surface area contributed by atoms with Crippen LogP contribution in [0.25, 0.3) is 16.6 Å². The van der Waals surface area contributed by atoms with Crippen LogP contribution in [0.4, 0.5) is 0 Å². The summed E-state index contributed by atoms with van der Waals surface area (Å²) in [5, 5.41) is 4.76. The van der Waals surface area contributed by atoms with Crippen LogP contribution in [0, 0.1) is 0 Å². The average Bonchev–Trinajstić information content (AvgIpc) is 3.27. The predicted octanol–water partition coefficient (Wildman–Crippen LogP) is 3.26. The lowest BCUT2D eigenvalue weighted by atomic mass is 10.0. The molecule has 2 atom stereocenters. The molecule has 7 heteroatoms. The van der Waals surface area contributed by atoms with Gasteiger partial charge in [-0.1, -0.05) is 24.3 Å². The quantitative estimate of drug-likeness (QED) is 0.580. The third-order valence-corrected chi connectivity index (χ3v) is 5.31. The minimum absolute atomic E-state index is 0.0534. The second-order valence-corrected chi connectivity index (χ2v) is 6.92. The smallest absolute Gasteiger partial charge is 0.258 e. The Hall–Kier alpha value is -3.32. The predicted molar refractivity (Wildman–Crippen MR) is 108 cm³/mol. The second kappa shape index (κ2) is 7.36.